The van der Waals surface area contributed by atoms with Crippen molar-refractivity contribution in [3.63, 3.8) is 0 Å². The maximum absolute atomic E-state index is 12.5. The molecule has 0 spiro atoms. The molecule has 1 aromatic heterocycles. The number of nitrogens with zero attached hydrogens (tertiary/aromatic N) is 2. The molecule has 0 atom stereocenters. The van der Waals surface area contributed by atoms with Gasteiger partial charge in [0.25, 0.3) is 0 Å². The average Bonchev–Trinajstić information content (AvgIpc) is 2.75. The Balaban J connectivity index is 2.67. The summed E-state index contributed by atoms with van der Waals surface area (Å²) in [6, 6.07) is 3.18. The van der Waals surface area contributed by atoms with Gasteiger partial charge in [0.15, 0.2) is 6.01 Å². The summed E-state index contributed by atoms with van der Waals surface area (Å²) in [7, 11) is -3.82. The number of benzene rings is 1. The first kappa shape index (κ1) is 13.0. The highest BCUT2D eigenvalue weighted by molar-refractivity contribution is 7.91. The number of fused-ring (bicyclic) bond motifs is 1. The van der Waals surface area contributed by atoms with Crippen LogP contribution in [0.15, 0.2) is 23.1 Å². The van der Waals surface area contributed by atoms with Crippen LogP contribution in [0, 0.1) is 0 Å². The summed E-state index contributed by atoms with van der Waals surface area (Å²) in [5.41, 5.74) is 1.48. The molecular weight excluding hydrogens is 255 g/mol. The highest BCUT2D eigenvalue weighted by Crippen LogP contribution is 2.21. The van der Waals surface area contributed by atoms with Crippen LogP contribution >= 0.6 is 0 Å². The Hall–Kier alpha value is -1.43. The van der Waals surface area contributed by atoms with Gasteiger partial charge in [-0.15, -0.1) is 0 Å². The molecule has 0 unspecified atom stereocenters. The highest BCUT2D eigenvalue weighted by atomic mass is 32.2. The molecule has 6 heteroatoms. The smallest absolute Gasteiger partial charge is 0.207 e. The first-order valence-electron chi connectivity index (χ1n) is 5.81. The van der Waals surface area contributed by atoms with Crippen LogP contribution in [0.5, 0.6) is 0 Å². The fourth-order valence-electron chi connectivity index (χ4n) is 2.04. The Morgan fingerprint density at radius 2 is 2.06 bits per heavy atom. The van der Waals surface area contributed by atoms with E-state index in [0.717, 1.165) is 24.3 Å². The minimum absolute atomic E-state index is 0.0130. The van der Waals surface area contributed by atoms with Gasteiger partial charge in [-0.2, -0.15) is 0 Å². The standard InChI is InChI=1S/C12H15FN2O2S/c1-3-12-14-10-7-9(18(16,17)8-13)5-6-11(10)15(12)4-2/h5-7H,3-4,8H2,1-2H3. The van der Waals surface area contributed by atoms with Crippen LogP contribution < -0.4 is 0 Å². The van der Waals surface area contributed by atoms with Crippen molar-refractivity contribution in [1.82, 2.24) is 9.55 Å². The van der Waals surface area contributed by atoms with Crippen LogP contribution in [0.2, 0.25) is 0 Å². The van der Waals surface area contributed by atoms with Crippen molar-refractivity contribution in [3.05, 3.63) is 24.0 Å². The molecule has 1 aromatic carbocycles. The SMILES string of the molecule is CCc1nc2cc(S(=O)(=O)CF)ccc2n1CC. The summed E-state index contributed by atoms with van der Waals surface area (Å²) in [6.07, 6.45) is 0.772. The monoisotopic (exact) mass is 270 g/mol. The van der Waals surface area contributed by atoms with Gasteiger partial charge in [0.05, 0.1) is 15.9 Å². The summed E-state index contributed by atoms with van der Waals surface area (Å²) in [5, 5.41) is 0. The lowest BCUT2D eigenvalue weighted by molar-refractivity contribution is 0.534. The molecule has 0 aliphatic rings. The van der Waals surface area contributed by atoms with Gasteiger partial charge in [0.2, 0.25) is 9.84 Å². The van der Waals surface area contributed by atoms with Crippen molar-refractivity contribution in [3.8, 4) is 0 Å². The highest BCUT2D eigenvalue weighted by Gasteiger charge is 2.16. The maximum Gasteiger partial charge on any atom is 0.207 e. The fourth-order valence-corrected chi connectivity index (χ4v) is 2.73. The van der Waals surface area contributed by atoms with Crippen LogP contribution in [-0.4, -0.2) is 24.0 Å². The predicted octanol–water partition coefficient (Wildman–Crippen LogP) is 2.32. The van der Waals surface area contributed by atoms with Crippen molar-refractivity contribution < 1.29 is 12.8 Å². The molecule has 2 rings (SSSR count). The largest absolute Gasteiger partial charge is 0.328 e. The minimum atomic E-state index is -3.82. The zero-order valence-electron chi connectivity index (χ0n) is 10.4. The van der Waals surface area contributed by atoms with Gasteiger partial charge in [0, 0.05) is 13.0 Å². The van der Waals surface area contributed by atoms with Gasteiger partial charge in [-0.25, -0.2) is 17.8 Å². The lowest BCUT2D eigenvalue weighted by Gasteiger charge is -2.04. The molecule has 0 fully saturated rings. The second kappa shape index (κ2) is 4.68. The van der Waals surface area contributed by atoms with Crippen molar-refractivity contribution in [2.75, 3.05) is 6.01 Å². The number of halogens is 1. The Morgan fingerprint density at radius 3 is 2.61 bits per heavy atom. The Bertz CT molecular complexity index is 677. The van der Waals surface area contributed by atoms with Crippen LogP contribution in [0.4, 0.5) is 4.39 Å². The van der Waals surface area contributed by atoms with Gasteiger partial charge in [-0.1, -0.05) is 6.92 Å². The quantitative estimate of drug-likeness (QED) is 0.856. The molecule has 0 bridgehead atoms. The molecule has 0 aliphatic heterocycles. The Morgan fingerprint density at radius 1 is 1.33 bits per heavy atom. The van der Waals surface area contributed by atoms with E-state index in [-0.39, 0.29) is 4.90 Å². The first-order chi connectivity index (χ1) is 8.53. The predicted molar refractivity (Wildman–Crippen MR) is 67.9 cm³/mol. The Kier molecular flexibility index (Phi) is 3.38. The molecule has 1 heterocycles. The van der Waals surface area contributed by atoms with Gasteiger partial charge < -0.3 is 4.57 Å². The lowest BCUT2D eigenvalue weighted by atomic mass is 10.3. The number of aromatic nitrogens is 2. The number of sulfone groups is 1. The van der Waals surface area contributed by atoms with E-state index < -0.39 is 15.8 Å². The van der Waals surface area contributed by atoms with E-state index in [1.165, 1.54) is 12.1 Å². The molecule has 0 amide bonds. The molecule has 0 saturated heterocycles. The van der Waals surface area contributed by atoms with Crippen LogP contribution in [-0.2, 0) is 22.8 Å². The molecule has 2 aromatic rings. The number of aryl methyl sites for hydroxylation is 2. The molecule has 0 aliphatic carbocycles. The van der Waals surface area contributed by atoms with E-state index >= 15 is 0 Å². The third-order valence-electron chi connectivity index (χ3n) is 2.93. The van der Waals surface area contributed by atoms with E-state index in [1.54, 1.807) is 6.07 Å². The summed E-state index contributed by atoms with van der Waals surface area (Å²) in [4.78, 5) is 4.37. The number of alkyl halides is 1. The van der Waals surface area contributed by atoms with E-state index in [2.05, 4.69) is 4.98 Å². The summed E-state index contributed by atoms with van der Waals surface area (Å²) in [5.74, 6) is 0.905. The van der Waals surface area contributed by atoms with Crippen molar-refractivity contribution in [1.29, 1.82) is 0 Å². The number of hydrogen-bond donors (Lipinski definition) is 0. The molecular formula is C12H15FN2O2S. The first-order valence-corrected chi connectivity index (χ1v) is 7.46. The normalized spacial score (nSPS) is 12.2. The van der Waals surface area contributed by atoms with Crippen LogP contribution in [0.25, 0.3) is 11.0 Å². The summed E-state index contributed by atoms with van der Waals surface area (Å²) < 4.78 is 37.4. The van der Waals surface area contributed by atoms with Crippen molar-refractivity contribution in [2.24, 2.45) is 0 Å². The van der Waals surface area contributed by atoms with E-state index in [1.807, 2.05) is 18.4 Å². The molecule has 0 saturated carbocycles. The summed E-state index contributed by atoms with van der Waals surface area (Å²) in [6.45, 7) is 4.77. The van der Waals surface area contributed by atoms with Gasteiger partial charge >= 0.3 is 0 Å². The van der Waals surface area contributed by atoms with Crippen molar-refractivity contribution in [2.45, 2.75) is 31.7 Å². The van der Waals surface area contributed by atoms with E-state index in [4.69, 9.17) is 0 Å². The van der Waals surface area contributed by atoms with Gasteiger partial charge in [-0.3, -0.25) is 0 Å². The number of hydrogen-bond acceptors (Lipinski definition) is 3. The molecule has 0 radical (unpaired) electrons. The number of imidazole rings is 1. The lowest BCUT2D eigenvalue weighted by Crippen LogP contribution is -2.02. The third-order valence-corrected chi connectivity index (χ3v) is 4.19. The molecule has 98 valence electrons. The number of rotatable bonds is 4. The zero-order chi connectivity index (χ0) is 13.3. The molecule has 0 N–H and O–H groups in total. The Labute approximate surface area is 105 Å². The molecule has 18 heavy (non-hydrogen) atoms. The minimum Gasteiger partial charge on any atom is -0.328 e. The van der Waals surface area contributed by atoms with Crippen LogP contribution in [0.3, 0.4) is 0 Å². The average molecular weight is 270 g/mol. The van der Waals surface area contributed by atoms with Crippen LogP contribution in [0.1, 0.15) is 19.7 Å². The third kappa shape index (κ3) is 2.01. The van der Waals surface area contributed by atoms with E-state index in [0.29, 0.717) is 5.52 Å². The molecule has 4 nitrogen and oxygen atoms in total. The second-order valence-electron chi connectivity index (χ2n) is 4.00. The van der Waals surface area contributed by atoms with Gasteiger partial charge in [-0.05, 0) is 25.1 Å². The zero-order valence-corrected chi connectivity index (χ0v) is 11.2. The maximum atomic E-state index is 12.5. The van der Waals surface area contributed by atoms with Gasteiger partial charge in [0.1, 0.15) is 5.82 Å². The second-order valence-corrected chi connectivity index (χ2v) is 5.92. The van der Waals surface area contributed by atoms with E-state index in [9.17, 15) is 12.8 Å². The topological polar surface area (TPSA) is 52.0 Å². The van der Waals surface area contributed by atoms with Crippen molar-refractivity contribution >= 4 is 20.9 Å². The summed E-state index contributed by atoms with van der Waals surface area (Å²) >= 11 is 0. The fraction of sp³-hybridized carbons (Fsp3) is 0.417.